The molecule has 0 saturated heterocycles. The van der Waals surface area contributed by atoms with Crippen LogP contribution in [0.2, 0.25) is 0 Å². The van der Waals surface area contributed by atoms with E-state index in [1.54, 1.807) is 32.5 Å². The molecular weight excluding hydrogens is 294 g/mol. The van der Waals surface area contributed by atoms with Crippen molar-refractivity contribution in [1.82, 2.24) is 15.2 Å². The second kappa shape index (κ2) is 6.39. The second-order valence-electron chi connectivity index (χ2n) is 4.88. The van der Waals surface area contributed by atoms with Gasteiger partial charge in [-0.15, -0.1) is 0 Å². The molecule has 3 rings (SSSR count). The third kappa shape index (κ3) is 2.83. The molecule has 0 saturated carbocycles. The Morgan fingerprint density at radius 3 is 2.87 bits per heavy atom. The normalized spacial score (nSPS) is 10.5. The van der Waals surface area contributed by atoms with Gasteiger partial charge < -0.3 is 14.5 Å². The molecule has 2 aromatic heterocycles. The fraction of sp³-hybridized carbons (Fsp3) is 0.176. The van der Waals surface area contributed by atoms with Crippen LogP contribution >= 0.6 is 0 Å². The molecule has 23 heavy (non-hydrogen) atoms. The molecule has 0 atom stereocenters. The molecule has 0 amide bonds. The van der Waals surface area contributed by atoms with Gasteiger partial charge >= 0.3 is 5.97 Å². The molecule has 1 aromatic carbocycles. The van der Waals surface area contributed by atoms with Crippen LogP contribution in [0.25, 0.3) is 22.4 Å². The summed E-state index contributed by atoms with van der Waals surface area (Å²) >= 11 is 0. The number of nitrogens with zero attached hydrogens (tertiary/aromatic N) is 1. The minimum Gasteiger partial charge on any atom is -0.496 e. The van der Waals surface area contributed by atoms with Gasteiger partial charge in [-0.1, -0.05) is 18.2 Å². The first-order chi connectivity index (χ1) is 11.2. The number of hydrogen-bond acceptors (Lipinski definition) is 4. The molecule has 118 valence electrons. The average Bonchev–Trinajstić information content (AvgIpc) is 3.23. The first-order valence-corrected chi connectivity index (χ1v) is 7.27. The van der Waals surface area contributed by atoms with Crippen molar-refractivity contribution in [3.63, 3.8) is 0 Å². The minimum atomic E-state index is -0.378. The highest BCUT2D eigenvalue weighted by molar-refractivity contribution is 5.91. The average molecular weight is 311 g/mol. The van der Waals surface area contributed by atoms with Gasteiger partial charge in [0.25, 0.3) is 0 Å². The summed E-state index contributed by atoms with van der Waals surface area (Å²) in [7, 11) is 1.63. The molecule has 0 aliphatic rings. The number of nitrogens with one attached hydrogen (secondary N) is 2. The van der Waals surface area contributed by atoms with Crippen molar-refractivity contribution in [3.05, 3.63) is 48.4 Å². The number of ether oxygens (including phenoxy) is 2. The van der Waals surface area contributed by atoms with Crippen LogP contribution in [0, 0.1) is 0 Å². The predicted molar refractivity (Wildman–Crippen MR) is 86.3 cm³/mol. The quantitative estimate of drug-likeness (QED) is 0.709. The van der Waals surface area contributed by atoms with Crippen molar-refractivity contribution in [1.29, 1.82) is 0 Å². The number of para-hydroxylation sites is 1. The number of carbonyl (C=O) groups excluding carboxylic acids is 1. The van der Waals surface area contributed by atoms with E-state index >= 15 is 0 Å². The lowest BCUT2D eigenvalue weighted by Crippen LogP contribution is -2.04. The van der Waals surface area contributed by atoms with E-state index in [9.17, 15) is 4.79 Å². The van der Waals surface area contributed by atoms with E-state index in [1.165, 1.54) is 0 Å². The van der Waals surface area contributed by atoms with Crippen LogP contribution in [0.1, 0.15) is 17.4 Å². The Morgan fingerprint density at radius 2 is 2.09 bits per heavy atom. The smallest absolute Gasteiger partial charge is 0.354 e. The van der Waals surface area contributed by atoms with Gasteiger partial charge in [-0.25, -0.2) is 4.79 Å². The van der Waals surface area contributed by atoms with Gasteiger partial charge in [0, 0.05) is 22.9 Å². The SMILES string of the molecule is CCOC(=O)c1cc(-c2[nH]ncc2-c2ccccc2OC)c[nH]1. The van der Waals surface area contributed by atoms with E-state index in [-0.39, 0.29) is 5.97 Å². The fourth-order valence-electron chi connectivity index (χ4n) is 2.44. The van der Waals surface area contributed by atoms with Gasteiger partial charge in [0.05, 0.1) is 25.6 Å². The molecule has 0 aliphatic carbocycles. The Bertz CT molecular complexity index is 820. The number of methoxy groups -OCH3 is 1. The lowest BCUT2D eigenvalue weighted by atomic mass is 10.0. The molecule has 0 fully saturated rings. The molecule has 2 heterocycles. The Hall–Kier alpha value is -3.02. The molecule has 2 N–H and O–H groups in total. The third-order valence-corrected chi connectivity index (χ3v) is 3.50. The highest BCUT2D eigenvalue weighted by Gasteiger charge is 2.16. The van der Waals surface area contributed by atoms with E-state index in [1.807, 2.05) is 24.3 Å². The molecule has 0 unspecified atom stereocenters. The van der Waals surface area contributed by atoms with Crippen molar-refractivity contribution in [3.8, 4) is 28.1 Å². The Labute approximate surface area is 133 Å². The molecule has 0 bridgehead atoms. The van der Waals surface area contributed by atoms with Gasteiger partial charge in [0.2, 0.25) is 0 Å². The lowest BCUT2D eigenvalue weighted by Gasteiger charge is -2.07. The zero-order chi connectivity index (χ0) is 16.2. The van der Waals surface area contributed by atoms with Crippen molar-refractivity contribution in [2.45, 2.75) is 6.92 Å². The molecule has 3 aromatic rings. The van der Waals surface area contributed by atoms with Crippen molar-refractivity contribution >= 4 is 5.97 Å². The Morgan fingerprint density at radius 1 is 1.26 bits per heavy atom. The Kier molecular flexibility index (Phi) is 4.14. The number of aromatic nitrogens is 3. The van der Waals surface area contributed by atoms with Gasteiger partial charge in [-0.05, 0) is 19.1 Å². The number of benzene rings is 1. The van der Waals surface area contributed by atoms with Crippen LogP contribution in [0.5, 0.6) is 5.75 Å². The van der Waals surface area contributed by atoms with Gasteiger partial charge in [0.1, 0.15) is 11.4 Å². The predicted octanol–water partition coefficient (Wildman–Crippen LogP) is 3.26. The highest BCUT2D eigenvalue weighted by atomic mass is 16.5. The number of rotatable bonds is 5. The summed E-state index contributed by atoms with van der Waals surface area (Å²) in [5.74, 6) is 0.383. The summed E-state index contributed by atoms with van der Waals surface area (Å²) in [6.45, 7) is 2.11. The highest BCUT2D eigenvalue weighted by Crippen LogP contribution is 2.35. The van der Waals surface area contributed by atoms with Crippen LogP contribution in [0.3, 0.4) is 0 Å². The topological polar surface area (TPSA) is 80.0 Å². The number of esters is 1. The van der Waals surface area contributed by atoms with E-state index in [0.29, 0.717) is 12.3 Å². The maximum atomic E-state index is 11.8. The first kappa shape index (κ1) is 14.9. The van der Waals surface area contributed by atoms with Crippen LogP contribution in [-0.4, -0.2) is 34.9 Å². The number of aromatic amines is 2. The van der Waals surface area contributed by atoms with E-state index in [0.717, 1.165) is 28.1 Å². The summed E-state index contributed by atoms with van der Waals surface area (Å²) in [6.07, 6.45) is 3.49. The number of carbonyl (C=O) groups is 1. The summed E-state index contributed by atoms with van der Waals surface area (Å²) in [5.41, 5.74) is 3.87. The first-order valence-electron chi connectivity index (χ1n) is 7.27. The third-order valence-electron chi connectivity index (χ3n) is 3.50. The lowest BCUT2D eigenvalue weighted by molar-refractivity contribution is 0.0520. The molecule has 6 heteroatoms. The summed E-state index contributed by atoms with van der Waals surface area (Å²) in [4.78, 5) is 14.7. The largest absolute Gasteiger partial charge is 0.496 e. The molecular formula is C17H17N3O3. The van der Waals surface area contributed by atoms with Gasteiger partial charge in [-0.2, -0.15) is 5.10 Å². The summed E-state index contributed by atoms with van der Waals surface area (Å²) in [6, 6.07) is 9.46. The van der Waals surface area contributed by atoms with Crippen LogP contribution in [0.4, 0.5) is 0 Å². The zero-order valence-corrected chi connectivity index (χ0v) is 12.9. The summed E-state index contributed by atoms with van der Waals surface area (Å²) < 4.78 is 10.4. The van der Waals surface area contributed by atoms with Crippen LogP contribution in [0.15, 0.2) is 42.7 Å². The number of H-pyrrole nitrogens is 2. The van der Waals surface area contributed by atoms with E-state index < -0.39 is 0 Å². The molecule has 0 aliphatic heterocycles. The monoisotopic (exact) mass is 311 g/mol. The molecule has 0 spiro atoms. The second-order valence-corrected chi connectivity index (χ2v) is 4.88. The summed E-state index contributed by atoms with van der Waals surface area (Å²) in [5, 5.41) is 7.11. The van der Waals surface area contributed by atoms with E-state index in [2.05, 4.69) is 15.2 Å². The van der Waals surface area contributed by atoms with E-state index in [4.69, 9.17) is 9.47 Å². The van der Waals surface area contributed by atoms with Crippen molar-refractivity contribution < 1.29 is 14.3 Å². The maximum Gasteiger partial charge on any atom is 0.354 e. The van der Waals surface area contributed by atoms with Crippen molar-refractivity contribution in [2.75, 3.05) is 13.7 Å². The molecule has 0 radical (unpaired) electrons. The maximum absolute atomic E-state index is 11.8. The molecule has 6 nitrogen and oxygen atoms in total. The van der Waals surface area contributed by atoms with Crippen molar-refractivity contribution in [2.24, 2.45) is 0 Å². The fourth-order valence-corrected chi connectivity index (χ4v) is 2.44. The zero-order valence-electron chi connectivity index (χ0n) is 12.9. The standard InChI is InChI=1S/C17H17N3O3/c1-3-23-17(21)14-8-11(9-18-14)16-13(10-19-20-16)12-6-4-5-7-15(12)22-2/h4-10,18H,3H2,1-2H3,(H,19,20). The van der Waals surface area contributed by atoms with Gasteiger partial charge in [0.15, 0.2) is 0 Å². The van der Waals surface area contributed by atoms with Crippen LogP contribution < -0.4 is 4.74 Å². The van der Waals surface area contributed by atoms with Crippen LogP contribution in [-0.2, 0) is 4.74 Å². The number of hydrogen-bond donors (Lipinski definition) is 2. The van der Waals surface area contributed by atoms with Gasteiger partial charge in [-0.3, -0.25) is 5.10 Å². The minimum absolute atomic E-state index is 0.337. The Balaban J connectivity index is 2.00.